The summed E-state index contributed by atoms with van der Waals surface area (Å²) in [7, 11) is 0. The van der Waals surface area contributed by atoms with Crippen molar-refractivity contribution in [3.63, 3.8) is 0 Å². The Hall–Kier alpha value is -3.77. The van der Waals surface area contributed by atoms with Crippen LogP contribution >= 0.6 is 11.3 Å². The highest BCUT2D eigenvalue weighted by atomic mass is 32.1. The topological polar surface area (TPSA) is 59.3 Å². The molecule has 0 aliphatic rings. The average molecular weight is 411 g/mol. The summed E-state index contributed by atoms with van der Waals surface area (Å²) < 4.78 is 1.73. The van der Waals surface area contributed by atoms with Gasteiger partial charge in [0.05, 0.1) is 22.3 Å². The summed E-state index contributed by atoms with van der Waals surface area (Å²) in [5.74, 6) is -0.0528. The van der Waals surface area contributed by atoms with Crippen molar-refractivity contribution >= 4 is 28.5 Å². The second-order valence-electron chi connectivity index (χ2n) is 6.85. The van der Waals surface area contributed by atoms with Gasteiger partial charge in [0.25, 0.3) is 0 Å². The van der Waals surface area contributed by atoms with Gasteiger partial charge in [0.2, 0.25) is 5.78 Å². The van der Waals surface area contributed by atoms with E-state index in [4.69, 9.17) is 0 Å². The summed E-state index contributed by atoms with van der Waals surface area (Å²) in [4.78, 5) is 17.9. The van der Waals surface area contributed by atoms with Gasteiger partial charge in [-0.05, 0) is 35.2 Å². The Morgan fingerprint density at radius 3 is 2.73 bits per heavy atom. The normalized spacial score (nSPS) is 10.9. The van der Waals surface area contributed by atoms with Gasteiger partial charge in [0.1, 0.15) is 0 Å². The number of anilines is 1. The van der Waals surface area contributed by atoms with Crippen LogP contribution in [0.25, 0.3) is 16.9 Å². The summed E-state index contributed by atoms with van der Waals surface area (Å²) in [5, 5.41) is 9.82. The quantitative estimate of drug-likeness (QED) is 0.386. The molecule has 146 valence electrons. The first-order chi connectivity index (χ1) is 14.8. The van der Waals surface area contributed by atoms with E-state index in [0.717, 1.165) is 23.5 Å². The summed E-state index contributed by atoms with van der Waals surface area (Å²) in [6.07, 6.45) is 3.33. The molecule has 2 aromatic carbocycles. The number of benzene rings is 2. The zero-order chi connectivity index (χ0) is 20.3. The molecule has 1 N–H and O–H groups in total. The first-order valence-corrected chi connectivity index (χ1v) is 10.5. The van der Waals surface area contributed by atoms with Crippen molar-refractivity contribution in [2.24, 2.45) is 0 Å². The monoisotopic (exact) mass is 410 g/mol. The van der Waals surface area contributed by atoms with Gasteiger partial charge in [-0.3, -0.25) is 4.79 Å². The fourth-order valence-corrected chi connectivity index (χ4v) is 4.08. The minimum atomic E-state index is -0.0528. The fraction of sp³-hybridized carbons (Fsp3) is 0.0417. The molecule has 5 nitrogen and oxygen atoms in total. The lowest BCUT2D eigenvalue weighted by atomic mass is 10.1. The maximum absolute atomic E-state index is 12.8. The molecule has 3 aromatic heterocycles. The molecule has 0 radical (unpaired) electrons. The summed E-state index contributed by atoms with van der Waals surface area (Å²) in [6, 6.07) is 24.1. The van der Waals surface area contributed by atoms with Crippen LogP contribution in [0.4, 0.5) is 5.69 Å². The highest BCUT2D eigenvalue weighted by Crippen LogP contribution is 2.25. The average Bonchev–Trinajstić information content (AvgIpc) is 3.48. The van der Waals surface area contributed by atoms with Crippen molar-refractivity contribution in [1.29, 1.82) is 0 Å². The molecule has 5 aromatic rings. The van der Waals surface area contributed by atoms with E-state index in [2.05, 4.69) is 33.6 Å². The molecule has 5 rings (SSSR count). The van der Waals surface area contributed by atoms with Gasteiger partial charge >= 0.3 is 0 Å². The predicted octanol–water partition coefficient (Wildman–Crippen LogP) is 5.30. The molecule has 3 heterocycles. The van der Waals surface area contributed by atoms with Crippen molar-refractivity contribution in [3.8, 4) is 11.3 Å². The van der Waals surface area contributed by atoms with E-state index in [1.165, 1.54) is 16.9 Å². The van der Waals surface area contributed by atoms with Crippen LogP contribution in [0.5, 0.6) is 0 Å². The Balaban J connectivity index is 1.47. The molecular formula is C24H18N4OS. The summed E-state index contributed by atoms with van der Waals surface area (Å²) in [6.45, 7) is 0.747. The van der Waals surface area contributed by atoms with Gasteiger partial charge in [-0.2, -0.15) is 5.10 Å². The lowest BCUT2D eigenvalue weighted by Crippen LogP contribution is -2.02. The van der Waals surface area contributed by atoms with Crippen molar-refractivity contribution in [1.82, 2.24) is 14.6 Å². The lowest BCUT2D eigenvalue weighted by Gasteiger charge is -2.10. The van der Waals surface area contributed by atoms with Crippen LogP contribution in [0.2, 0.25) is 0 Å². The third kappa shape index (κ3) is 3.49. The van der Waals surface area contributed by atoms with Crippen molar-refractivity contribution in [3.05, 3.63) is 107 Å². The van der Waals surface area contributed by atoms with E-state index in [-0.39, 0.29) is 5.78 Å². The van der Waals surface area contributed by atoms with E-state index in [0.29, 0.717) is 16.1 Å². The number of aromatic nitrogens is 3. The molecule has 0 saturated carbocycles. The fourth-order valence-electron chi connectivity index (χ4n) is 3.40. The van der Waals surface area contributed by atoms with E-state index < -0.39 is 0 Å². The number of carbonyl (C=O) groups excluding carboxylic acids is 1. The van der Waals surface area contributed by atoms with Crippen LogP contribution < -0.4 is 5.32 Å². The molecule has 0 unspecified atom stereocenters. The zero-order valence-electron chi connectivity index (χ0n) is 16.0. The molecule has 0 amide bonds. The zero-order valence-corrected chi connectivity index (χ0v) is 16.8. The largest absolute Gasteiger partial charge is 0.381 e. The molecule has 0 bridgehead atoms. The lowest BCUT2D eigenvalue weighted by molar-refractivity contribution is 0.104. The number of hydrogen-bond donors (Lipinski definition) is 1. The summed E-state index contributed by atoms with van der Waals surface area (Å²) >= 11 is 1.42. The van der Waals surface area contributed by atoms with Crippen LogP contribution in [-0.2, 0) is 6.54 Å². The molecule has 30 heavy (non-hydrogen) atoms. The molecule has 0 fully saturated rings. The van der Waals surface area contributed by atoms with E-state index in [1.807, 2.05) is 60.0 Å². The Kier molecular flexibility index (Phi) is 4.83. The highest BCUT2D eigenvalue weighted by Gasteiger charge is 2.18. The standard InChI is InChI=1S/C24H18N4OS/c29-23(22-10-5-13-30-22)20-16-27-28-21(11-12-25-24(20)28)18-8-4-9-19(14-18)26-15-17-6-2-1-3-7-17/h1-14,16,26H,15H2. The van der Waals surface area contributed by atoms with Gasteiger partial charge in [-0.15, -0.1) is 11.3 Å². The number of carbonyl (C=O) groups is 1. The van der Waals surface area contributed by atoms with E-state index in [1.54, 1.807) is 16.9 Å². The first kappa shape index (κ1) is 18.3. The molecule has 0 spiro atoms. The van der Waals surface area contributed by atoms with Crippen LogP contribution in [0.1, 0.15) is 20.8 Å². The number of hydrogen-bond acceptors (Lipinski definition) is 5. The van der Waals surface area contributed by atoms with Crippen molar-refractivity contribution < 1.29 is 4.79 Å². The van der Waals surface area contributed by atoms with Crippen LogP contribution in [0, 0.1) is 0 Å². The molecule has 0 aliphatic carbocycles. The van der Waals surface area contributed by atoms with Gasteiger partial charge in [-0.1, -0.05) is 48.5 Å². The Labute approximate surface area is 177 Å². The number of nitrogens with one attached hydrogen (secondary N) is 1. The Morgan fingerprint density at radius 1 is 1.00 bits per heavy atom. The number of thiophene rings is 1. The van der Waals surface area contributed by atoms with Gasteiger partial charge in [-0.25, -0.2) is 9.50 Å². The first-order valence-electron chi connectivity index (χ1n) is 9.59. The summed E-state index contributed by atoms with van der Waals surface area (Å²) in [5.41, 5.74) is 5.19. The third-order valence-corrected chi connectivity index (χ3v) is 5.76. The Morgan fingerprint density at radius 2 is 1.90 bits per heavy atom. The predicted molar refractivity (Wildman–Crippen MR) is 120 cm³/mol. The third-order valence-electron chi connectivity index (χ3n) is 4.89. The minimum Gasteiger partial charge on any atom is -0.381 e. The second kappa shape index (κ2) is 7.93. The minimum absolute atomic E-state index is 0.0528. The SMILES string of the molecule is O=C(c1cccs1)c1cnn2c(-c3cccc(NCc4ccccc4)c3)ccnc12. The van der Waals surface area contributed by atoms with Crippen molar-refractivity contribution in [2.45, 2.75) is 6.54 Å². The number of nitrogens with zero attached hydrogens (tertiary/aromatic N) is 3. The van der Waals surface area contributed by atoms with E-state index >= 15 is 0 Å². The smallest absolute Gasteiger partial charge is 0.208 e. The second-order valence-corrected chi connectivity index (χ2v) is 7.80. The number of rotatable bonds is 6. The highest BCUT2D eigenvalue weighted by molar-refractivity contribution is 7.12. The number of ketones is 1. The molecule has 0 saturated heterocycles. The maximum Gasteiger partial charge on any atom is 0.208 e. The Bertz CT molecular complexity index is 1310. The molecule has 6 heteroatoms. The number of fused-ring (bicyclic) bond motifs is 1. The van der Waals surface area contributed by atoms with E-state index in [9.17, 15) is 4.79 Å². The van der Waals surface area contributed by atoms with Crippen molar-refractivity contribution in [2.75, 3.05) is 5.32 Å². The van der Waals surface area contributed by atoms with Gasteiger partial charge in [0.15, 0.2) is 5.65 Å². The van der Waals surface area contributed by atoms with Crippen LogP contribution in [0.3, 0.4) is 0 Å². The van der Waals surface area contributed by atoms with Crippen LogP contribution in [-0.4, -0.2) is 20.4 Å². The van der Waals surface area contributed by atoms with Gasteiger partial charge < -0.3 is 5.32 Å². The molecular weight excluding hydrogens is 392 g/mol. The van der Waals surface area contributed by atoms with Crippen LogP contribution in [0.15, 0.2) is 90.6 Å². The van der Waals surface area contributed by atoms with Gasteiger partial charge in [0, 0.05) is 24.0 Å². The maximum atomic E-state index is 12.8. The molecule has 0 aliphatic heterocycles. The molecule has 0 atom stereocenters.